The summed E-state index contributed by atoms with van der Waals surface area (Å²) in [4.78, 5) is 0. The third-order valence-electron chi connectivity index (χ3n) is 3.44. The third kappa shape index (κ3) is 3.06. The van der Waals surface area contributed by atoms with Crippen molar-refractivity contribution >= 4 is 0 Å². The van der Waals surface area contributed by atoms with Gasteiger partial charge in [-0.25, -0.2) is 0 Å². The highest BCUT2D eigenvalue weighted by Gasteiger charge is 2.18. The van der Waals surface area contributed by atoms with Crippen LogP contribution in [0.25, 0.3) is 0 Å². The summed E-state index contributed by atoms with van der Waals surface area (Å²) in [5, 5.41) is 13.5. The molecule has 0 aliphatic carbocycles. The Hall–Kier alpha value is -0.860. The molecule has 2 N–H and O–H groups in total. The zero-order valence-electron chi connectivity index (χ0n) is 9.95. The van der Waals surface area contributed by atoms with E-state index in [1.165, 1.54) is 18.4 Å². The fourth-order valence-corrected chi connectivity index (χ4v) is 2.45. The van der Waals surface area contributed by atoms with Crippen LogP contribution in [-0.2, 0) is 0 Å². The topological polar surface area (TPSA) is 32.3 Å². The number of hydrogen-bond acceptors (Lipinski definition) is 2. The second kappa shape index (κ2) is 5.46. The first-order valence-corrected chi connectivity index (χ1v) is 6.21. The lowest BCUT2D eigenvalue weighted by Crippen LogP contribution is -2.28. The van der Waals surface area contributed by atoms with Crippen molar-refractivity contribution in [3.05, 3.63) is 35.4 Å². The molecule has 88 valence electrons. The van der Waals surface area contributed by atoms with E-state index in [-0.39, 0.29) is 6.10 Å². The van der Waals surface area contributed by atoms with Crippen LogP contribution in [-0.4, -0.2) is 18.2 Å². The van der Waals surface area contributed by atoms with Crippen LogP contribution in [0.4, 0.5) is 0 Å². The van der Waals surface area contributed by atoms with Crippen molar-refractivity contribution in [1.29, 1.82) is 0 Å². The molecule has 16 heavy (non-hydrogen) atoms. The van der Waals surface area contributed by atoms with Gasteiger partial charge in [-0.2, -0.15) is 0 Å². The van der Waals surface area contributed by atoms with Gasteiger partial charge in [0.15, 0.2) is 0 Å². The van der Waals surface area contributed by atoms with E-state index in [4.69, 9.17) is 0 Å². The molecule has 1 atom stereocenters. The van der Waals surface area contributed by atoms with Crippen molar-refractivity contribution < 1.29 is 5.11 Å². The number of piperidine rings is 1. The number of hydrogen-bond donors (Lipinski definition) is 2. The summed E-state index contributed by atoms with van der Waals surface area (Å²) in [5.41, 5.74) is 2.29. The van der Waals surface area contributed by atoms with Gasteiger partial charge >= 0.3 is 0 Å². The first-order chi connectivity index (χ1) is 7.75. The standard InChI is InChI=1S/C14H21NO/c1-11-3-2-4-13(9-11)14(16)10-12-5-7-15-8-6-12/h2-4,9,12,14-16H,5-8,10H2,1H3. The minimum Gasteiger partial charge on any atom is -0.388 e. The van der Waals surface area contributed by atoms with E-state index in [1.807, 2.05) is 12.1 Å². The summed E-state index contributed by atoms with van der Waals surface area (Å²) in [6.45, 7) is 4.27. The summed E-state index contributed by atoms with van der Waals surface area (Å²) < 4.78 is 0. The van der Waals surface area contributed by atoms with Crippen molar-refractivity contribution in [2.45, 2.75) is 32.3 Å². The van der Waals surface area contributed by atoms with Crippen LogP contribution < -0.4 is 5.32 Å². The average Bonchev–Trinajstić information content (AvgIpc) is 2.30. The molecule has 0 bridgehead atoms. The summed E-state index contributed by atoms with van der Waals surface area (Å²) in [6.07, 6.45) is 3.01. The van der Waals surface area contributed by atoms with Gasteiger partial charge in [0.05, 0.1) is 6.10 Å². The lowest BCUT2D eigenvalue weighted by atomic mass is 9.89. The van der Waals surface area contributed by atoms with Crippen molar-refractivity contribution in [3.8, 4) is 0 Å². The first-order valence-electron chi connectivity index (χ1n) is 6.21. The maximum atomic E-state index is 10.2. The fourth-order valence-electron chi connectivity index (χ4n) is 2.45. The number of benzene rings is 1. The molecule has 1 aliphatic rings. The Balaban J connectivity index is 1.94. The van der Waals surface area contributed by atoms with Gasteiger partial charge in [0.1, 0.15) is 0 Å². The lowest BCUT2D eigenvalue weighted by Gasteiger charge is -2.25. The highest BCUT2D eigenvalue weighted by Crippen LogP contribution is 2.26. The summed E-state index contributed by atoms with van der Waals surface area (Å²) in [5.74, 6) is 0.678. The number of aliphatic hydroxyl groups is 1. The summed E-state index contributed by atoms with van der Waals surface area (Å²) >= 11 is 0. The van der Waals surface area contributed by atoms with Crippen LogP contribution in [0.3, 0.4) is 0 Å². The van der Waals surface area contributed by atoms with Gasteiger partial charge < -0.3 is 10.4 Å². The minimum atomic E-state index is -0.289. The molecule has 1 aromatic rings. The van der Waals surface area contributed by atoms with E-state index in [0.29, 0.717) is 5.92 Å². The monoisotopic (exact) mass is 219 g/mol. The normalized spacial score (nSPS) is 19.6. The van der Waals surface area contributed by atoms with Gasteiger partial charge in [-0.05, 0) is 50.8 Å². The predicted octanol–water partition coefficient (Wildman–Crippen LogP) is 2.42. The minimum absolute atomic E-state index is 0.289. The zero-order chi connectivity index (χ0) is 11.4. The molecule has 1 saturated heterocycles. The first kappa shape index (κ1) is 11.6. The second-order valence-electron chi connectivity index (χ2n) is 4.86. The molecule has 2 rings (SSSR count). The molecule has 1 heterocycles. The zero-order valence-corrected chi connectivity index (χ0v) is 9.95. The Kier molecular flexibility index (Phi) is 3.97. The number of aryl methyl sites for hydroxylation is 1. The van der Waals surface area contributed by atoms with Crippen LogP contribution in [0, 0.1) is 12.8 Å². The van der Waals surface area contributed by atoms with Gasteiger partial charge in [0.25, 0.3) is 0 Å². The number of nitrogens with one attached hydrogen (secondary N) is 1. The number of aliphatic hydroxyl groups excluding tert-OH is 1. The molecule has 0 amide bonds. The Morgan fingerprint density at radius 2 is 2.12 bits per heavy atom. The average molecular weight is 219 g/mol. The van der Waals surface area contributed by atoms with E-state index in [0.717, 1.165) is 25.1 Å². The maximum Gasteiger partial charge on any atom is 0.0792 e. The third-order valence-corrected chi connectivity index (χ3v) is 3.44. The Labute approximate surface area is 97.7 Å². The molecule has 1 fully saturated rings. The molecular weight excluding hydrogens is 198 g/mol. The SMILES string of the molecule is Cc1cccc(C(O)CC2CCNCC2)c1. The smallest absolute Gasteiger partial charge is 0.0792 e. The lowest BCUT2D eigenvalue weighted by molar-refractivity contribution is 0.133. The molecule has 0 spiro atoms. The fraction of sp³-hybridized carbons (Fsp3) is 0.571. The van der Waals surface area contributed by atoms with Crippen LogP contribution in [0.2, 0.25) is 0 Å². The maximum absolute atomic E-state index is 10.2. The van der Waals surface area contributed by atoms with Crippen molar-refractivity contribution in [1.82, 2.24) is 5.32 Å². The van der Waals surface area contributed by atoms with Crippen LogP contribution in [0.1, 0.15) is 36.5 Å². The molecule has 0 radical (unpaired) electrons. The van der Waals surface area contributed by atoms with Gasteiger partial charge in [0.2, 0.25) is 0 Å². The Morgan fingerprint density at radius 1 is 1.38 bits per heavy atom. The van der Waals surface area contributed by atoms with E-state index in [9.17, 15) is 5.11 Å². The highest BCUT2D eigenvalue weighted by atomic mass is 16.3. The second-order valence-corrected chi connectivity index (χ2v) is 4.86. The Morgan fingerprint density at radius 3 is 2.81 bits per heavy atom. The van der Waals surface area contributed by atoms with E-state index in [2.05, 4.69) is 24.4 Å². The molecule has 2 nitrogen and oxygen atoms in total. The summed E-state index contributed by atoms with van der Waals surface area (Å²) in [7, 11) is 0. The van der Waals surface area contributed by atoms with E-state index < -0.39 is 0 Å². The van der Waals surface area contributed by atoms with Gasteiger partial charge in [-0.15, -0.1) is 0 Å². The quantitative estimate of drug-likeness (QED) is 0.818. The molecule has 1 aromatic carbocycles. The highest BCUT2D eigenvalue weighted by molar-refractivity contribution is 5.24. The van der Waals surface area contributed by atoms with Crippen molar-refractivity contribution in [3.63, 3.8) is 0 Å². The molecule has 1 aliphatic heterocycles. The Bertz CT molecular complexity index is 331. The molecule has 1 unspecified atom stereocenters. The summed E-state index contributed by atoms with van der Waals surface area (Å²) in [6, 6.07) is 8.21. The largest absolute Gasteiger partial charge is 0.388 e. The molecular formula is C14H21NO. The van der Waals surface area contributed by atoms with E-state index >= 15 is 0 Å². The van der Waals surface area contributed by atoms with Crippen molar-refractivity contribution in [2.75, 3.05) is 13.1 Å². The van der Waals surface area contributed by atoms with Gasteiger partial charge in [-0.3, -0.25) is 0 Å². The predicted molar refractivity (Wildman–Crippen MR) is 66.3 cm³/mol. The van der Waals surface area contributed by atoms with Gasteiger partial charge in [0, 0.05) is 0 Å². The van der Waals surface area contributed by atoms with E-state index in [1.54, 1.807) is 0 Å². The number of rotatable bonds is 3. The molecule has 0 aromatic heterocycles. The van der Waals surface area contributed by atoms with Crippen molar-refractivity contribution in [2.24, 2.45) is 5.92 Å². The van der Waals surface area contributed by atoms with Crippen LogP contribution >= 0.6 is 0 Å². The van der Waals surface area contributed by atoms with Crippen LogP contribution in [0.5, 0.6) is 0 Å². The molecule has 0 saturated carbocycles. The molecule has 2 heteroatoms. The van der Waals surface area contributed by atoms with Gasteiger partial charge in [-0.1, -0.05) is 29.8 Å². The van der Waals surface area contributed by atoms with Crippen LogP contribution in [0.15, 0.2) is 24.3 Å².